The van der Waals surface area contributed by atoms with Crippen molar-refractivity contribution in [2.75, 3.05) is 0 Å². The molecular formula is C32H20N4S. The van der Waals surface area contributed by atoms with Gasteiger partial charge in [-0.25, -0.2) is 4.98 Å². The van der Waals surface area contributed by atoms with Crippen LogP contribution in [0.2, 0.25) is 0 Å². The van der Waals surface area contributed by atoms with Crippen LogP contribution in [-0.4, -0.2) is 19.7 Å². The van der Waals surface area contributed by atoms with Crippen molar-refractivity contribution in [3.05, 3.63) is 115 Å². The molecule has 8 aromatic rings. The Kier molecular flexibility index (Phi) is 4.36. The van der Waals surface area contributed by atoms with E-state index in [1.54, 1.807) is 0 Å². The average molecular weight is 493 g/mol. The number of hydrogen-bond donors (Lipinski definition) is 1. The van der Waals surface area contributed by atoms with Gasteiger partial charge < -0.3 is 4.57 Å². The quantitative estimate of drug-likeness (QED) is 0.268. The molecule has 0 fully saturated rings. The number of aromatic nitrogens is 4. The summed E-state index contributed by atoms with van der Waals surface area (Å²) in [6.07, 6.45) is 0. The van der Waals surface area contributed by atoms with E-state index in [0.29, 0.717) is 5.82 Å². The zero-order valence-electron chi connectivity index (χ0n) is 19.7. The van der Waals surface area contributed by atoms with Crippen LogP contribution in [0.4, 0.5) is 0 Å². The maximum atomic E-state index is 4.79. The first-order valence-corrected chi connectivity index (χ1v) is 13.1. The zero-order chi connectivity index (χ0) is 24.3. The van der Waals surface area contributed by atoms with Crippen molar-refractivity contribution in [2.45, 2.75) is 0 Å². The van der Waals surface area contributed by atoms with Gasteiger partial charge in [0.1, 0.15) is 0 Å². The van der Waals surface area contributed by atoms with Crippen molar-refractivity contribution in [1.82, 2.24) is 19.7 Å². The van der Waals surface area contributed by atoms with E-state index in [2.05, 4.69) is 99.7 Å². The molecule has 0 saturated carbocycles. The van der Waals surface area contributed by atoms with Gasteiger partial charge in [0.2, 0.25) is 0 Å². The lowest BCUT2D eigenvalue weighted by Crippen LogP contribution is -1.94. The van der Waals surface area contributed by atoms with E-state index in [-0.39, 0.29) is 0 Å². The largest absolute Gasteiger partial charge is 0.309 e. The minimum Gasteiger partial charge on any atom is -0.309 e. The molecule has 0 atom stereocenters. The summed E-state index contributed by atoms with van der Waals surface area (Å²) in [5.41, 5.74) is 5.49. The molecule has 0 saturated heterocycles. The van der Waals surface area contributed by atoms with Crippen molar-refractivity contribution in [2.24, 2.45) is 0 Å². The van der Waals surface area contributed by atoms with Crippen LogP contribution in [0.25, 0.3) is 70.4 Å². The Morgan fingerprint density at radius 3 is 2.27 bits per heavy atom. The topological polar surface area (TPSA) is 46.5 Å². The molecule has 0 aliphatic heterocycles. The molecule has 0 aliphatic rings. The highest BCUT2D eigenvalue weighted by atomic mass is 32.1. The third kappa shape index (κ3) is 3.14. The van der Waals surface area contributed by atoms with Gasteiger partial charge in [-0.2, -0.15) is 5.10 Å². The van der Waals surface area contributed by atoms with Gasteiger partial charge in [0, 0.05) is 47.8 Å². The van der Waals surface area contributed by atoms with Gasteiger partial charge >= 0.3 is 0 Å². The van der Waals surface area contributed by atoms with Gasteiger partial charge in [-0.3, -0.25) is 5.10 Å². The lowest BCUT2D eigenvalue weighted by atomic mass is 10.1. The Bertz CT molecular complexity index is 2100. The summed E-state index contributed by atoms with van der Waals surface area (Å²) in [7, 11) is 0. The molecule has 8 rings (SSSR count). The molecule has 0 spiro atoms. The first-order valence-electron chi connectivity index (χ1n) is 12.3. The van der Waals surface area contributed by atoms with Crippen LogP contribution in [0.15, 0.2) is 115 Å². The molecule has 0 unspecified atom stereocenters. The number of para-hydroxylation sites is 1. The van der Waals surface area contributed by atoms with E-state index in [1.807, 2.05) is 41.7 Å². The fourth-order valence-corrected chi connectivity index (χ4v) is 6.49. The molecule has 0 amide bonds. The van der Waals surface area contributed by atoms with Crippen LogP contribution >= 0.6 is 11.3 Å². The number of fused-ring (bicyclic) bond motifs is 6. The number of nitrogens with one attached hydrogen (secondary N) is 1. The van der Waals surface area contributed by atoms with Gasteiger partial charge in [0.25, 0.3) is 0 Å². The Morgan fingerprint density at radius 1 is 0.568 bits per heavy atom. The number of H-pyrrole nitrogens is 1. The molecule has 174 valence electrons. The smallest absolute Gasteiger partial charge is 0.181 e. The normalized spacial score (nSPS) is 11.8. The van der Waals surface area contributed by atoms with Gasteiger partial charge in [-0.1, -0.05) is 78.9 Å². The van der Waals surface area contributed by atoms with Crippen LogP contribution in [-0.2, 0) is 0 Å². The predicted molar refractivity (Wildman–Crippen MR) is 154 cm³/mol. The lowest BCUT2D eigenvalue weighted by molar-refractivity contribution is 1.10. The molecular weight excluding hydrogens is 472 g/mol. The number of benzene rings is 5. The molecule has 37 heavy (non-hydrogen) atoms. The van der Waals surface area contributed by atoms with E-state index < -0.39 is 0 Å². The minimum absolute atomic E-state index is 0.699. The van der Waals surface area contributed by atoms with Crippen LogP contribution in [0.5, 0.6) is 0 Å². The van der Waals surface area contributed by atoms with Crippen LogP contribution in [0, 0.1) is 0 Å². The number of nitrogens with zero attached hydrogens (tertiary/aromatic N) is 3. The van der Waals surface area contributed by atoms with E-state index in [4.69, 9.17) is 4.98 Å². The zero-order valence-corrected chi connectivity index (χ0v) is 20.5. The van der Waals surface area contributed by atoms with Crippen LogP contribution in [0.3, 0.4) is 0 Å². The maximum absolute atomic E-state index is 4.79. The van der Waals surface area contributed by atoms with Crippen molar-refractivity contribution in [3.8, 4) is 28.5 Å². The van der Waals surface area contributed by atoms with Crippen molar-refractivity contribution in [3.63, 3.8) is 0 Å². The second kappa shape index (κ2) is 7.88. The standard InChI is InChI=1S/C32H20N4S/c1-2-9-20(10-3-1)31-33-32(35-34-31)21-11-8-12-22(17-21)36-27-15-6-4-13-23(27)25-19-30-26(18-28(25)36)24-14-5-7-16-29(24)37-30/h1-19H,(H,33,34,35). The highest BCUT2D eigenvalue weighted by molar-refractivity contribution is 7.25. The lowest BCUT2D eigenvalue weighted by Gasteiger charge is -2.09. The summed E-state index contributed by atoms with van der Waals surface area (Å²) in [5.74, 6) is 1.46. The Balaban J connectivity index is 1.35. The Hall–Kier alpha value is -4.74. The number of rotatable bonds is 3. The summed E-state index contributed by atoms with van der Waals surface area (Å²) < 4.78 is 5.01. The summed E-state index contributed by atoms with van der Waals surface area (Å²) >= 11 is 1.86. The van der Waals surface area contributed by atoms with Gasteiger partial charge in [0.15, 0.2) is 11.6 Å². The SMILES string of the molecule is c1ccc(-c2n[nH]c(-c3cccc(-n4c5ccccc5c5cc6sc7ccccc7c6cc54)c3)n2)cc1. The first-order chi connectivity index (χ1) is 18.3. The van der Waals surface area contributed by atoms with Gasteiger partial charge in [-0.15, -0.1) is 11.3 Å². The van der Waals surface area contributed by atoms with E-state index in [0.717, 1.165) is 22.6 Å². The maximum Gasteiger partial charge on any atom is 0.181 e. The van der Waals surface area contributed by atoms with Crippen LogP contribution < -0.4 is 0 Å². The average Bonchev–Trinajstić information content (AvgIpc) is 3.67. The highest BCUT2D eigenvalue weighted by Gasteiger charge is 2.16. The third-order valence-electron chi connectivity index (χ3n) is 7.07. The first kappa shape index (κ1) is 20.5. The highest BCUT2D eigenvalue weighted by Crippen LogP contribution is 2.40. The van der Waals surface area contributed by atoms with Crippen molar-refractivity contribution in [1.29, 1.82) is 0 Å². The number of hydrogen-bond acceptors (Lipinski definition) is 3. The molecule has 3 heterocycles. The summed E-state index contributed by atoms with van der Waals surface area (Å²) in [4.78, 5) is 4.79. The predicted octanol–water partition coefficient (Wildman–Crippen LogP) is 8.60. The molecule has 4 nitrogen and oxygen atoms in total. The molecule has 5 aromatic carbocycles. The van der Waals surface area contributed by atoms with E-state index >= 15 is 0 Å². The third-order valence-corrected chi connectivity index (χ3v) is 8.20. The fraction of sp³-hybridized carbons (Fsp3) is 0. The molecule has 3 aromatic heterocycles. The van der Waals surface area contributed by atoms with Crippen molar-refractivity contribution < 1.29 is 0 Å². The second-order valence-corrected chi connectivity index (χ2v) is 10.3. The fourth-order valence-electron chi connectivity index (χ4n) is 5.36. The molecule has 5 heteroatoms. The Morgan fingerprint density at radius 2 is 1.35 bits per heavy atom. The van der Waals surface area contributed by atoms with Crippen molar-refractivity contribution >= 4 is 53.3 Å². The van der Waals surface area contributed by atoms with Gasteiger partial charge in [-0.05, 0) is 36.4 Å². The Labute approximate surface area is 216 Å². The second-order valence-electron chi connectivity index (χ2n) is 9.24. The summed E-state index contributed by atoms with van der Waals surface area (Å²) in [5, 5.41) is 12.7. The monoisotopic (exact) mass is 492 g/mol. The molecule has 0 bridgehead atoms. The van der Waals surface area contributed by atoms with Gasteiger partial charge in [0.05, 0.1) is 11.0 Å². The van der Waals surface area contributed by atoms with E-state index in [9.17, 15) is 0 Å². The minimum atomic E-state index is 0.699. The van der Waals surface area contributed by atoms with E-state index in [1.165, 1.54) is 42.0 Å². The molecule has 0 aliphatic carbocycles. The molecule has 0 radical (unpaired) electrons. The number of aromatic amines is 1. The van der Waals surface area contributed by atoms with Crippen LogP contribution in [0.1, 0.15) is 0 Å². The summed E-state index contributed by atoms with van der Waals surface area (Å²) in [6.45, 7) is 0. The summed E-state index contributed by atoms with van der Waals surface area (Å²) in [6, 6.07) is 40.6. The number of thiophene rings is 1. The molecule has 1 N–H and O–H groups in total.